The maximum atomic E-state index is 13.0. The van der Waals surface area contributed by atoms with Gasteiger partial charge in [-0.25, -0.2) is 4.98 Å². The number of aliphatic hydroxyl groups is 1. The minimum Gasteiger partial charge on any atom is -0.388 e. The van der Waals surface area contributed by atoms with Crippen molar-refractivity contribution in [2.45, 2.75) is 37.8 Å². The van der Waals surface area contributed by atoms with Crippen LogP contribution < -0.4 is 5.56 Å². The lowest BCUT2D eigenvalue weighted by Gasteiger charge is -2.22. The number of aromatic nitrogens is 2. The maximum absolute atomic E-state index is 13.0. The first-order valence-electron chi connectivity index (χ1n) is 8.01. The van der Waals surface area contributed by atoms with Crippen LogP contribution in [0.5, 0.6) is 0 Å². The highest BCUT2D eigenvalue weighted by Crippen LogP contribution is 2.33. The van der Waals surface area contributed by atoms with Crippen molar-refractivity contribution < 1.29 is 5.11 Å². The molecule has 0 spiro atoms. The molecule has 0 atom stereocenters. The maximum Gasteiger partial charge on any atom is 0.262 e. The number of rotatable bonds is 3. The van der Waals surface area contributed by atoms with Crippen LogP contribution in [0.2, 0.25) is 5.02 Å². The Hall–Kier alpha value is -1.69. The molecular weight excluding hydrogens is 344 g/mol. The number of hydrogen-bond donors (Lipinski definition) is 1. The predicted molar refractivity (Wildman–Crippen MR) is 97.7 cm³/mol. The quantitative estimate of drug-likeness (QED) is 0.765. The molecule has 4 nitrogen and oxygen atoms in total. The van der Waals surface area contributed by atoms with E-state index in [0.717, 1.165) is 41.6 Å². The van der Waals surface area contributed by atoms with Gasteiger partial charge in [0.2, 0.25) is 0 Å². The third kappa shape index (κ3) is 2.77. The zero-order valence-electron chi connectivity index (χ0n) is 13.0. The summed E-state index contributed by atoms with van der Waals surface area (Å²) in [6, 6.07) is 7.45. The Morgan fingerprint density at radius 1 is 1.25 bits per heavy atom. The SMILES string of the molecule is O=c1c2c(-c3ccc(Cl)cc3)csc2ncn1CC1(O)CCCC1. The molecule has 0 saturated heterocycles. The largest absolute Gasteiger partial charge is 0.388 e. The molecule has 0 bridgehead atoms. The topological polar surface area (TPSA) is 55.1 Å². The highest BCUT2D eigenvalue weighted by Gasteiger charge is 2.32. The molecule has 24 heavy (non-hydrogen) atoms. The predicted octanol–water partition coefficient (Wildman–Crippen LogP) is 4.08. The van der Waals surface area contributed by atoms with Crippen LogP contribution in [0.3, 0.4) is 0 Å². The minimum atomic E-state index is -0.782. The molecule has 3 aromatic rings. The fourth-order valence-electron chi connectivity index (χ4n) is 3.43. The first kappa shape index (κ1) is 15.8. The monoisotopic (exact) mass is 360 g/mol. The molecule has 2 aromatic heterocycles. The number of hydrogen-bond acceptors (Lipinski definition) is 4. The van der Waals surface area contributed by atoms with E-state index in [0.29, 0.717) is 17.0 Å². The molecule has 6 heteroatoms. The van der Waals surface area contributed by atoms with Crippen LogP contribution >= 0.6 is 22.9 Å². The molecule has 1 aliphatic rings. The lowest BCUT2D eigenvalue weighted by atomic mass is 10.0. The smallest absolute Gasteiger partial charge is 0.262 e. The van der Waals surface area contributed by atoms with Crippen LogP contribution in [-0.4, -0.2) is 20.3 Å². The second-order valence-electron chi connectivity index (χ2n) is 6.45. The van der Waals surface area contributed by atoms with Gasteiger partial charge in [-0.2, -0.15) is 0 Å². The average Bonchev–Trinajstić information content (AvgIpc) is 3.18. The zero-order chi connectivity index (χ0) is 16.7. The first-order valence-corrected chi connectivity index (χ1v) is 9.26. The van der Waals surface area contributed by atoms with Crippen LogP contribution in [0.25, 0.3) is 21.3 Å². The van der Waals surface area contributed by atoms with E-state index in [4.69, 9.17) is 11.6 Å². The van der Waals surface area contributed by atoms with Gasteiger partial charge in [0.25, 0.3) is 5.56 Å². The van der Waals surface area contributed by atoms with Crippen molar-refractivity contribution in [3.05, 3.63) is 51.3 Å². The van der Waals surface area contributed by atoms with E-state index in [1.807, 2.05) is 29.6 Å². The summed E-state index contributed by atoms with van der Waals surface area (Å²) in [7, 11) is 0. The van der Waals surface area contributed by atoms with E-state index in [1.165, 1.54) is 11.3 Å². The van der Waals surface area contributed by atoms with Gasteiger partial charge in [0.1, 0.15) is 4.83 Å². The van der Waals surface area contributed by atoms with Crippen molar-refractivity contribution in [2.24, 2.45) is 0 Å². The Morgan fingerprint density at radius 2 is 1.96 bits per heavy atom. The first-order chi connectivity index (χ1) is 11.6. The molecule has 0 aliphatic heterocycles. The minimum absolute atomic E-state index is 0.0912. The van der Waals surface area contributed by atoms with Gasteiger partial charge in [-0.05, 0) is 30.5 Å². The Morgan fingerprint density at radius 3 is 2.67 bits per heavy atom. The summed E-state index contributed by atoms with van der Waals surface area (Å²) >= 11 is 7.41. The fraction of sp³-hybridized carbons (Fsp3) is 0.333. The fourth-order valence-corrected chi connectivity index (χ4v) is 4.46. The van der Waals surface area contributed by atoms with E-state index in [9.17, 15) is 9.90 Å². The van der Waals surface area contributed by atoms with E-state index in [1.54, 1.807) is 10.9 Å². The van der Waals surface area contributed by atoms with Gasteiger partial charge in [-0.1, -0.05) is 36.6 Å². The van der Waals surface area contributed by atoms with Crippen molar-refractivity contribution in [1.82, 2.24) is 9.55 Å². The standard InChI is InChI=1S/C18H17ClN2O2S/c19-13-5-3-12(4-6-13)14-9-24-16-15(14)17(22)21(11-20-16)10-18(23)7-1-2-8-18/h3-6,9,11,23H,1-2,7-8,10H2. The van der Waals surface area contributed by atoms with Crippen LogP contribution in [-0.2, 0) is 6.54 Å². The molecule has 1 aromatic carbocycles. The van der Waals surface area contributed by atoms with E-state index >= 15 is 0 Å². The van der Waals surface area contributed by atoms with Crippen molar-refractivity contribution in [3.63, 3.8) is 0 Å². The summed E-state index contributed by atoms with van der Waals surface area (Å²) in [6.07, 6.45) is 5.06. The van der Waals surface area contributed by atoms with Gasteiger partial charge in [-0.3, -0.25) is 9.36 Å². The van der Waals surface area contributed by atoms with Crippen molar-refractivity contribution >= 4 is 33.2 Å². The summed E-state index contributed by atoms with van der Waals surface area (Å²) in [5.74, 6) is 0. The highest BCUT2D eigenvalue weighted by atomic mass is 35.5. The Balaban J connectivity index is 1.81. The van der Waals surface area contributed by atoms with E-state index in [2.05, 4.69) is 4.98 Å². The summed E-state index contributed by atoms with van der Waals surface area (Å²) in [5.41, 5.74) is 0.945. The number of thiophene rings is 1. The molecule has 4 rings (SSSR count). The molecule has 1 saturated carbocycles. The lowest BCUT2D eigenvalue weighted by molar-refractivity contribution is 0.0288. The number of benzene rings is 1. The molecule has 1 N–H and O–H groups in total. The average molecular weight is 361 g/mol. The Bertz CT molecular complexity index is 940. The van der Waals surface area contributed by atoms with Gasteiger partial charge in [0.15, 0.2) is 0 Å². The molecule has 1 aliphatic carbocycles. The molecule has 0 unspecified atom stereocenters. The molecule has 0 radical (unpaired) electrons. The number of fused-ring (bicyclic) bond motifs is 1. The molecule has 0 amide bonds. The van der Waals surface area contributed by atoms with Crippen molar-refractivity contribution in [3.8, 4) is 11.1 Å². The van der Waals surface area contributed by atoms with Crippen LogP contribution in [0, 0.1) is 0 Å². The normalized spacial score (nSPS) is 16.8. The third-order valence-electron chi connectivity index (χ3n) is 4.71. The summed E-state index contributed by atoms with van der Waals surface area (Å²) in [4.78, 5) is 18.1. The lowest BCUT2D eigenvalue weighted by Crippen LogP contribution is -2.35. The third-order valence-corrected chi connectivity index (χ3v) is 5.85. The van der Waals surface area contributed by atoms with Gasteiger partial charge in [-0.15, -0.1) is 11.3 Å². The summed E-state index contributed by atoms with van der Waals surface area (Å²) in [6.45, 7) is 0.310. The van der Waals surface area contributed by atoms with Gasteiger partial charge < -0.3 is 5.11 Å². The van der Waals surface area contributed by atoms with Gasteiger partial charge in [0, 0.05) is 16.0 Å². The summed E-state index contributed by atoms with van der Waals surface area (Å²) in [5, 5.41) is 13.8. The van der Waals surface area contributed by atoms with Gasteiger partial charge >= 0.3 is 0 Å². The van der Waals surface area contributed by atoms with Crippen LogP contribution in [0.1, 0.15) is 25.7 Å². The molecule has 1 fully saturated rings. The number of nitrogens with zero attached hydrogens (tertiary/aromatic N) is 2. The van der Waals surface area contributed by atoms with E-state index in [-0.39, 0.29) is 5.56 Å². The van der Waals surface area contributed by atoms with Crippen molar-refractivity contribution in [1.29, 1.82) is 0 Å². The molecule has 2 heterocycles. The zero-order valence-corrected chi connectivity index (χ0v) is 14.6. The second kappa shape index (κ2) is 5.99. The molecule has 124 valence electrons. The van der Waals surface area contributed by atoms with Gasteiger partial charge in [0.05, 0.1) is 23.9 Å². The second-order valence-corrected chi connectivity index (χ2v) is 7.74. The van der Waals surface area contributed by atoms with Crippen LogP contribution in [0.4, 0.5) is 0 Å². The van der Waals surface area contributed by atoms with Crippen molar-refractivity contribution in [2.75, 3.05) is 0 Å². The number of halogens is 1. The molecular formula is C18H17ClN2O2S. The summed E-state index contributed by atoms with van der Waals surface area (Å²) < 4.78 is 1.56. The Kier molecular flexibility index (Phi) is 3.95. The van der Waals surface area contributed by atoms with Crippen LogP contribution in [0.15, 0.2) is 40.8 Å². The Labute approximate surface area is 148 Å². The highest BCUT2D eigenvalue weighted by molar-refractivity contribution is 7.17. The van der Waals surface area contributed by atoms with E-state index < -0.39 is 5.60 Å².